The second kappa shape index (κ2) is 4.87. The highest BCUT2D eigenvalue weighted by molar-refractivity contribution is 7.18. The maximum atomic E-state index is 10.4. The molecule has 0 radical (unpaired) electrons. The molecule has 0 saturated carbocycles. The van der Waals surface area contributed by atoms with Crippen molar-refractivity contribution in [3.05, 3.63) is 28.0 Å². The molecule has 2 aromatic heterocycles. The van der Waals surface area contributed by atoms with Gasteiger partial charge in [0.2, 0.25) is 5.89 Å². The number of thiazole rings is 1. The Bertz CT molecular complexity index is 523. The van der Waals surface area contributed by atoms with Gasteiger partial charge in [-0.15, -0.1) is 0 Å². The van der Waals surface area contributed by atoms with Crippen LogP contribution in [0.1, 0.15) is 11.7 Å². The number of rotatable bonds is 5. The summed E-state index contributed by atoms with van der Waals surface area (Å²) in [5, 5.41) is 17.6. The van der Waals surface area contributed by atoms with Crippen molar-refractivity contribution in [1.82, 2.24) is 15.1 Å². The first-order valence-electron chi connectivity index (χ1n) is 4.78. The molecule has 17 heavy (non-hydrogen) atoms. The monoisotopic (exact) mass is 255 g/mol. The molecule has 0 aliphatic rings. The number of nitrogens with one attached hydrogen (secondary N) is 1. The summed E-state index contributed by atoms with van der Waals surface area (Å²) < 4.78 is 4.92. The van der Waals surface area contributed by atoms with Gasteiger partial charge in [0, 0.05) is 13.0 Å². The first-order chi connectivity index (χ1) is 8.15. The van der Waals surface area contributed by atoms with Crippen molar-refractivity contribution in [3.8, 4) is 0 Å². The van der Waals surface area contributed by atoms with Crippen LogP contribution in [-0.4, -0.2) is 26.6 Å². The molecule has 0 spiro atoms. The molecule has 2 rings (SSSR count). The van der Waals surface area contributed by atoms with E-state index in [1.165, 1.54) is 6.20 Å². The van der Waals surface area contributed by atoms with Crippen LogP contribution < -0.4 is 5.32 Å². The third-order valence-corrected chi connectivity index (χ3v) is 2.76. The van der Waals surface area contributed by atoms with Crippen molar-refractivity contribution in [2.75, 3.05) is 11.9 Å². The van der Waals surface area contributed by atoms with E-state index in [2.05, 4.69) is 20.4 Å². The number of aryl methyl sites for hydroxylation is 1. The lowest BCUT2D eigenvalue weighted by Crippen LogP contribution is -2.04. The summed E-state index contributed by atoms with van der Waals surface area (Å²) >= 11 is 0.993. The van der Waals surface area contributed by atoms with Crippen LogP contribution in [0.4, 0.5) is 10.1 Å². The van der Waals surface area contributed by atoms with Gasteiger partial charge in [0.1, 0.15) is 6.20 Å². The molecule has 0 fully saturated rings. The van der Waals surface area contributed by atoms with Crippen molar-refractivity contribution >= 4 is 21.5 Å². The van der Waals surface area contributed by atoms with E-state index in [0.717, 1.165) is 11.3 Å². The molecule has 0 aliphatic carbocycles. The second-order valence-electron chi connectivity index (χ2n) is 3.17. The van der Waals surface area contributed by atoms with Gasteiger partial charge in [-0.25, -0.2) is 4.98 Å². The van der Waals surface area contributed by atoms with Crippen LogP contribution >= 0.6 is 11.3 Å². The van der Waals surface area contributed by atoms with Gasteiger partial charge in [-0.3, -0.25) is 10.1 Å². The summed E-state index contributed by atoms with van der Waals surface area (Å²) in [4.78, 5) is 17.9. The van der Waals surface area contributed by atoms with Crippen LogP contribution in [0.2, 0.25) is 0 Å². The second-order valence-corrected chi connectivity index (χ2v) is 4.18. The Balaban J connectivity index is 1.83. The predicted molar refractivity (Wildman–Crippen MR) is 60.0 cm³/mol. The van der Waals surface area contributed by atoms with Crippen molar-refractivity contribution in [2.45, 2.75) is 13.3 Å². The average molecular weight is 255 g/mol. The first-order valence-corrected chi connectivity index (χ1v) is 5.60. The van der Waals surface area contributed by atoms with E-state index in [4.69, 9.17) is 4.52 Å². The normalized spacial score (nSPS) is 10.4. The zero-order chi connectivity index (χ0) is 12.3. The zero-order valence-corrected chi connectivity index (χ0v) is 9.73. The lowest BCUT2D eigenvalue weighted by Gasteiger charge is -1.97. The SMILES string of the molecule is Cc1noc(CCNc2ncc([N+](=O)[O-])s2)n1. The number of hydrogen-bond donors (Lipinski definition) is 1. The van der Waals surface area contributed by atoms with Crippen LogP contribution in [0.25, 0.3) is 0 Å². The molecule has 0 bridgehead atoms. The van der Waals surface area contributed by atoms with Gasteiger partial charge in [0.05, 0.1) is 4.92 Å². The zero-order valence-electron chi connectivity index (χ0n) is 8.91. The molecule has 2 aromatic rings. The van der Waals surface area contributed by atoms with Crippen molar-refractivity contribution in [3.63, 3.8) is 0 Å². The minimum absolute atomic E-state index is 0.0149. The molecule has 8 nitrogen and oxygen atoms in total. The molecule has 0 aromatic carbocycles. The number of nitro groups is 1. The lowest BCUT2D eigenvalue weighted by atomic mass is 10.4. The van der Waals surface area contributed by atoms with E-state index in [9.17, 15) is 10.1 Å². The Hall–Kier alpha value is -2.03. The molecule has 9 heteroatoms. The molecule has 0 aliphatic heterocycles. The quantitative estimate of drug-likeness (QED) is 0.635. The number of nitrogens with zero attached hydrogens (tertiary/aromatic N) is 4. The van der Waals surface area contributed by atoms with Crippen LogP contribution in [0.15, 0.2) is 10.7 Å². The van der Waals surface area contributed by atoms with Crippen LogP contribution in [0.5, 0.6) is 0 Å². The topological polar surface area (TPSA) is 107 Å². The Morgan fingerprint density at radius 2 is 2.47 bits per heavy atom. The lowest BCUT2D eigenvalue weighted by molar-refractivity contribution is -0.380. The van der Waals surface area contributed by atoms with E-state index in [0.29, 0.717) is 29.8 Å². The molecular formula is C8H9N5O3S. The highest BCUT2D eigenvalue weighted by Gasteiger charge is 2.11. The van der Waals surface area contributed by atoms with Gasteiger partial charge >= 0.3 is 5.00 Å². The van der Waals surface area contributed by atoms with Gasteiger partial charge in [-0.05, 0) is 18.3 Å². The highest BCUT2D eigenvalue weighted by atomic mass is 32.1. The molecule has 0 atom stereocenters. The van der Waals surface area contributed by atoms with E-state index < -0.39 is 4.92 Å². The number of hydrogen-bond acceptors (Lipinski definition) is 8. The van der Waals surface area contributed by atoms with Crippen molar-refractivity contribution in [1.29, 1.82) is 0 Å². The summed E-state index contributed by atoms with van der Waals surface area (Å²) in [5.41, 5.74) is 0. The highest BCUT2D eigenvalue weighted by Crippen LogP contribution is 2.24. The summed E-state index contributed by atoms with van der Waals surface area (Å²) in [6, 6.07) is 0. The maximum absolute atomic E-state index is 10.4. The standard InChI is InChI=1S/C8H9N5O3S/c1-5-11-6(16-12-5)2-3-9-8-10-4-7(17-8)13(14)15/h4H,2-3H2,1H3,(H,9,10). The third kappa shape index (κ3) is 2.97. The fourth-order valence-electron chi connectivity index (χ4n) is 1.15. The molecular weight excluding hydrogens is 246 g/mol. The first kappa shape index (κ1) is 11.5. The van der Waals surface area contributed by atoms with E-state index in [-0.39, 0.29) is 5.00 Å². The van der Waals surface area contributed by atoms with E-state index >= 15 is 0 Å². The van der Waals surface area contributed by atoms with E-state index in [1.807, 2.05) is 0 Å². The van der Waals surface area contributed by atoms with Crippen LogP contribution in [-0.2, 0) is 6.42 Å². The summed E-state index contributed by atoms with van der Waals surface area (Å²) in [5.74, 6) is 1.12. The van der Waals surface area contributed by atoms with Gasteiger partial charge in [0.25, 0.3) is 0 Å². The molecule has 1 N–H and O–H groups in total. The minimum atomic E-state index is -0.468. The Kier molecular flexibility index (Phi) is 3.28. The largest absolute Gasteiger partial charge is 0.361 e. The summed E-state index contributed by atoms with van der Waals surface area (Å²) in [6.45, 7) is 2.27. The molecule has 0 amide bonds. The van der Waals surface area contributed by atoms with Gasteiger partial charge in [-0.2, -0.15) is 4.98 Å². The third-order valence-electron chi connectivity index (χ3n) is 1.86. The average Bonchev–Trinajstić information content (AvgIpc) is 2.88. The van der Waals surface area contributed by atoms with Crippen molar-refractivity contribution < 1.29 is 9.45 Å². The molecule has 0 unspecified atom stereocenters. The number of anilines is 1. The Morgan fingerprint density at radius 3 is 3.06 bits per heavy atom. The van der Waals surface area contributed by atoms with Gasteiger partial charge in [-0.1, -0.05) is 5.16 Å². The van der Waals surface area contributed by atoms with Crippen LogP contribution in [0, 0.1) is 17.0 Å². The fraction of sp³-hybridized carbons (Fsp3) is 0.375. The van der Waals surface area contributed by atoms with Gasteiger partial charge < -0.3 is 9.84 Å². The van der Waals surface area contributed by atoms with Gasteiger partial charge in [0.15, 0.2) is 11.0 Å². The van der Waals surface area contributed by atoms with Crippen LogP contribution in [0.3, 0.4) is 0 Å². The smallest absolute Gasteiger partial charge is 0.345 e. The summed E-state index contributed by atoms with van der Waals surface area (Å²) in [7, 11) is 0. The molecule has 0 saturated heterocycles. The minimum Gasteiger partial charge on any atom is -0.361 e. The van der Waals surface area contributed by atoms with E-state index in [1.54, 1.807) is 6.92 Å². The maximum Gasteiger partial charge on any atom is 0.345 e. The van der Waals surface area contributed by atoms with Crippen molar-refractivity contribution in [2.24, 2.45) is 0 Å². The molecule has 2 heterocycles. The Morgan fingerprint density at radius 1 is 1.65 bits per heavy atom. The predicted octanol–water partition coefficient (Wildman–Crippen LogP) is 1.40. The molecule has 90 valence electrons. The number of aromatic nitrogens is 3. The summed E-state index contributed by atoms with van der Waals surface area (Å²) in [6.07, 6.45) is 1.78. The fourth-order valence-corrected chi connectivity index (χ4v) is 1.81. The Labute approximate surface area is 99.8 Å².